The molecule has 1 aliphatic rings. The van der Waals surface area contributed by atoms with Crippen LogP contribution in [0.2, 0.25) is 5.02 Å². The van der Waals surface area contributed by atoms with E-state index in [0.717, 1.165) is 0 Å². The fourth-order valence-corrected chi connectivity index (χ4v) is 3.82. The van der Waals surface area contributed by atoms with E-state index < -0.39 is 6.17 Å². The molecule has 2 aromatic rings. The third-order valence-corrected chi connectivity index (χ3v) is 5.46. The minimum atomic E-state index is -1.11. The molecule has 0 aromatic heterocycles. The van der Waals surface area contributed by atoms with Crippen molar-refractivity contribution in [3.8, 4) is 11.1 Å². The van der Waals surface area contributed by atoms with Crippen LogP contribution in [0, 0.1) is 11.7 Å². The quantitative estimate of drug-likeness (QED) is 0.718. The third kappa shape index (κ3) is 3.93. The molecule has 1 fully saturated rings. The predicted molar refractivity (Wildman–Crippen MR) is 104 cm³/mol. The molecule has 3 rings (SSSR count). The molecule has 2 amide bonds. The van der Waals surface area contributed by atoms with E-state index in [9.17, 15) is 9.18 Å². The molecular formula is C21H23ClF2N2O. The number of alkyl halides is 1. The van der Waals surface area contributed by atoms with Gasteiger partial charge in [0, 0.05) is 36.6 Å². The van der Waals surface area contributed by atoms with Crippen LogP contribution in [0.4, 0.5) is 13.6 Å². The summed E-state index contributed by atoms with van der Waals surface area (Å²) in [6.45, 7) is 1.81. The predicted octanol–water partition coefficient (Wildman–Crippen LogP) is 5.03. The van der Waals surface area contributed by atoms with Crippen LogP contribution >= 0.6 is 11.6 Å². The summed E-state index contributed by atoms with van der Waals surface area (Å²) in [6, 6.07) is 11.5. The van der Waals surface area contributed by atoms with Crippen LogP contribution in [0.1, 0.15) is 12.5 Å². The Morgan fingerprint density at radius 1 is 1.26 bits per heavy atom. The minimum Gasteiger partial charge on any atom is -0.331 e. The zero-order chi connectivity index (χ0) is 19.7. The summed E-state index contributed by atoms with van der Waals surface area (Å²) >= 11 is 6.03. The van der Waals surface area contributed by atoms with Crippen LogP contribution in [0.5, 0.6) is 0 Å². The molecule has 0 radical (unpaired) electrons. The SMILES string of the molecule is C[C@H]1[C@@H](F)CN(C(=O)N(C)C)[C@H]1Cc1cccc(-c2cccc(Cl)c2)c1F. The van der Waals surface area contributed by atoms with Crippen molar-refractivity contribution in [2.24, 2.45) is 5.92 Å². The molecule has 0 saturated carbocycles. The van der Waals surface area contributed by atoms with Gasteiger partial charge in [-0.1, -0.05) is 48.9 Å². The molecule has 3 nitrogen and oxygen atoms in total. The molecule has 1 aliphatic heterocycles. The Bertz CT molecular complexity index is 843. The summed E-state index contributed by atoms with van der Waals surface area (Å²) in [5.74, 6) is -0.713. The van der Waals surface area contributed by atoms with E-state index in [0.29, 0.717) is 21.7 Å². The van der Waals surface area contributed by atoms with Crippen LogP contribution in [-0.2, 0) is 6.42 Å². The topological polar surface area (TPSA) is 23.6 Å². The highest BCUT2D eigenvalue weighted by molar-refractivity contribution is 6.30. The fourth-order valence-electron chi connectivity index (χ4n) is 3.63. The highest BCUT2D eigenvalue weighted by Crippen LogP contribution is 2.33. The zero-order valence-electron chi connectivity index (χ0n) is 15.6. The summed E-state index contributed by atoms with van der Waals surface area (Å²) in [6.07, 6.45) is -0.848. The van der Waals surface area contributed by atoms with Gasteiger partial charge in [-0.05, 0) is 29.7 Å². The van der Waals surface area contributed by atoms with Crippen LogP contribution < -0.4 is 0 Å². The largest absolute Gasteiger partial charge is 0.331 e. The molecule has 0 spiro atoms. The van der Waals surface area contributed by atoms with E-state index in [-0.39, 0.29) is 36.8 Å². The second-order valence-corrected chi connectivity index (χ2v) is 7.70. The van der Waals surface area contributed by atoms with Gasteiger partial charge >= 0.3 is 6.03 Å². The monoisotopic (exact) mass is 392 g/mol. The van der Waals surface area contributed by atoms with Crippen molar-refractivity contribution >= 4 is 17.6 Å². The van der Waals surface area contributed by atoms with Crippen LogP contribution in [0.3, 0.4) is 0 Å². The smallest absolute Gasteiger partial charge is 0.319 e. The first kappa shape index (κ1) is 19.6. The summed E-state index contributed by atoms with van der Waals surface area (Å²) in [4.78, 5) is 15.4. The van der Waals surface area contributed by atoms with Crippen molar-refractivity contribution in [1.29, 1.82) is 0 Å². The number of benzene rings is 2. The maximum Gasteiger partial charge on any atom is 0.319 e. The van der Waals surface area contributed by atoms with E-state index in [4.69, 9.17) is 11.6 Å². The molecule has 144 valence electrons. The first-order valence-electron chi connectivity index (χ1n) is 8.95. The Balaban J connectivity index is 1.93. The van der Waals surface area contributed by atoms with Gasteiger partial charge in [0.05, 0.1) is 6.54 Å². The fraction of sp³-hybridized carbons (Fsp3) is 0.381. The van der Waals surface area contributed by atoms with E-state index >= 15 is 4.39 Å². The molecule has 0 N–H and O–H groups in total. The summed E-state index contributed by atoms with van der Waals surface area (Å²) < 4.78 is 29.5. The molecule has 6 heteroatoms. The average molecular weight is 393 g/mol. The van der Waals surface area contributed by atoms with Gasteiger partial charge in [-0.2, -0.15) is 0 Å². The van der Waals surface area contributed by atoms with E-state index in [1.54, 1.807) is 63.5 Å². The van der Waals surface area contributed by atoms with Gasteiger partial charge in [-0.3, -0.25) is 0 Å². The molecule has 0 unspecified atom stereocenters. The van der Waals surface area contributed by atoms with Crippen molar-refractivity contribution < 1.29 is 13.6 Å². The van der Waals surface area contributed by atoms with Gasteiger partial charge in [0.25, 0.3) is 0 Å². The highest BCUT2D eigenvalue weighted by Gasteiger charge is 2.42. The second kappa shape index (κ2) is 7.85. The lowest BCUT2D eigenvalue weighted by atomic mass is 9.92. The van der Waals surface area contributed by atoms with Crippen LogP contribution in [-0.4, -0.2) is 48.7 Å². The number of rotatable bonds is 3. The lowest BCUT2D eigenvalue weighted by Gasteiger charge is -2.29. The number of carbonyl (C=O) groups excluding carboxylic acids is 1. The lowest BCUT2D eigenvalue weighted by molar-refractivity contribution is 0.160. The molecule has 1 heterocycles. The molecule has 27 heavy (non-hydrogen) atoms. The number of hydrogen-bond donors (Lipinski definition) is 0. The van der Waals surface area contributed by atoms with E-state index in [1.807, 2.05) is 0 Å². The van der Waals surface area contributed by atoms with Gasteiger partial charge in [0.2, 0.25) is 0 Å². The number of likely N-dealkylation sites (tertiary alicyclic amines) is 1. The number of nitrogens with zero attached hydrogens (tertiary/aromatic N) is 2. The molecule has 3 atom stereocenters. The Labute approximate surface area is 163 Å². The van der Waals surface area contributed by atoms with Gasteiger partial charge in [0.15, 0.2) is 0 Å². The number of hydrogen-bond acceptors (Lipinski definition) is 1. The minimum absolute atomic E-state index is 0.0401. The lowest BCUT2D eigenvalue weighted by Crippen LogP contribution is -2.44. The maximum atomic E-state index is 15.2. The normalized spacial score (nSPS) is 22.1. The number of carbonyl (C=O) groups is 1. The first-order valence-corrected chi connectivity index (χ1v) is 9.32. The third-order valence-electron chi connectivity index (χ3n) is 5.22. The van der Waals surface area contributed by atoms with Gasteiger partial charge in [-0.15, -0.1) is 0 Å². The van der Waals surface area contributed by atoms with Gasteiger partial charge < -0.3 is 9.80 Å². The van der Waals surface area contributed by atoms with Crippen molar-refractivity contribution in [2.45, 2.75) is 25.6 Å². The van der Waals surface area contributed by atoms with E-state index in [2.05, 4.69) is 0 Å². The summed E-state index contributed by atoms with van der Waals surface area (Å²) in [7, 11) is 3.27. The molecule has 0 aliphatic carbocycles. The van der Waals surface area contributed by atoms with Crippen LogP contribution in [0.15, 0.2) is 42.5 Å². The Hall–Kier alpha value is -2.14. The van der Waals surface area contributed by atoms with Crippen molar-refractivity contribution in [3.63, 3.8) is 0 Å². The second-order valence-electron chi connectivity index (χ2n) is 7.26. The Kier molecular flexibility index (Phi) is 5.70. The van der Waals surface area contributed by atoms with Crippen LogP contribution in [0.25, 0.3) is 11.1 Å². The average Bonchev–Trinajstić information content (AvgIpc) is 2.91. The molecular weight excluding hydrogens is 370 g/mol. The zero-order valence-corrected chi connectivity index (χ0v) is 16.4. The Morgan fingerprint density at radius 3 is 2.63 bits per heavy atom. The maximum absolute atomic E-state index is 15.2. The van der Waals surface area contributed by atoms with Gasteiger partial charge in [-0.25, -0.2) is 13.6 Å². The van der Waals surface area contributed by atoms with Crippen molar-refractivity contribution in [2.75, 3.05) is 20.6 Å². The van der Waals surface area contributed by atoms with E-state index in [1.165, 1.54) is 9.80 Å². The summed E-state index contributed by atoms with van der Waals surface area (Å²) in [5, 5.41) is 0.532. The standard InChI is InChI=1S/C21H23ClF2N2O/c1-13-18(23)12-26(21(27)25(2)3)19(13)11-15-7-5-9-17(20(15)24)14-6-4-8-16(22)10-14/h4-10,13,18-19H,11-12H2,1-3H3/t13-,18-,19-/m0/s1. The number of amides is 2. The summed E-state index contributed by atoms with van der Waals surface area (Å²) in [5.41, 5.74) is 1.60. The van der Waals surface area contributed by atoms with Gasteiger partial charge in [0.1, 0.15) is 12.0 Å². The molecule has 0 bridgehead atoms. The molecule has 1 saturated heterocycles. The van der Waals surface area contributed by atoms with Crippen molar-refractivity contribution in [3.05, 3.63) is 58.9 Å². The highest BCUT2D eigenvalue weighted by atomic mass is 35.5. The Morgan fingerprint density at radius 2 is 1.96 bits per heavy atom. The van der Waals surface area contributed by atoms with Crippen molar-refractivity contribution in [1.82, 2.24) is 9.80 Å². The first-order chi connectivity index (χ1) is 12.8. The molecule has 2 aromatic carbocycles. The number of urea groups is 1. The number of halogens is 3.